The first-order valence-electron chi connectivity index (χ1n) is 10.7. The minimum atomic E-state index is -4.08. The molecule has 4 heterocycles. The average molecular weight is 529 g/mol. The highest BCUT2D eigenvalue weighted by Crippen LogP contribution is 2.58. The number of hydrogen-bond acceptors (Lipinski definition) is 10. The van der Waals surface area contributed by atoms with Gasteiger partial charge in [0.05, 0.1) is 24.7 Å². The molecule has 0 radical (unpaired) electrons. The zero-order valence-corrected chi connectivity index (χ0v) is 20.1. The van der Waals surface area contributed by atoms with E-state index in [2.05, 4.69) is 9.97 Å². The molecule has 0 bridgehead atoms. The van der Waals surface area contributed by atoms with Crippen LogP contribution >= 0.6 is 19.4 Å². The summed E-state index contributed by atoms with van der Waals surface area (Å²) in [4.78, 5) is 8.13. The van der Waals surface area contributed by atoms with E-state index in [1.165, 1.54) is 30.0 Å². The van der Waals surface area contributed by atoms with Crippen LogP contribution in [-0.2, 0) is 22.9 Å². The van der Waals surface area contributed by atoms with Gasteiger partial charge in [-0.2, -0.15) is 0 Å². The van der Waals surface area contributed by atoms with Crippen molar-refractivity contribution in [2.45, 2.75) is 43.5 Å². The van der Waals surface area contributed by atoms with E-state index in [1.807, 2.05) is 0 Å². The van der Waals surface area contributed by atoms with Gasteiger partial charge in [0.2, 0.25) is 0 Å². The van der Waals surface area contributed by atoms with Gasteiger partial charge in [0.15, 0.2) is 6.23 Å². The van der Waals surface area contributed by atoms with Crippen LogP contribution in [0.1, 0.15) is 31.2 Å². The lowest BCUT2D eigenvalue weighted by molar-refractivity contribution is -0.0950. The fourth-order valence-electron chi connectivity index (χ4n) is 4.28. The average Bonchev–Trinajstić information content (AvgIpc) is 3.32. The van der Waals surface area contributed by atoms with Gasteiger partial charge in [-0.1, -0.05) is 17.7 Å². The van der Waals surface area contributed by atoms with Crippen LogP contribution in [0, 0.1) is 5.82 Å². The normalized spacial score (nSPS) is 33.4. The number of fused-ring (bicyclic) bond motifs is 1. The van der Waals surface area contributed by atoms with Crippen LogP contribution in [0.3, 0.4) is 0 Å². The zero-order valence-electron chi connectivity index (χ0n) is 18.5. The molecule has 14 heteroatoms. The Balaban J connectivity index is 1.31. The van der Waals surface area contributed by atoms with Crippen LogP contribution in [0.15, 0.2) is 36.8 Å². The summed E-state index contributed by atoms with van der Waals surface area (Å²) >= 11 is 6.11. The molecule has 6 atom stereocenters. The number of benzene rings is 1. The number of aromatic nitrogens is 3. The summed E-state index contributed by atoms with van der Waals surface area (Å²) in [5.74, 6) is -0.254. The summed E-state index contributed by atoms with van der Waals surface area (Å²) in [6.07, 6.45) is -1.09. The number of ether oxygens (including phenoxy) is 1. The molecule has 0 unspecified atom stereocenters. The van der Waals surface area contributed by atoms with E-state index < -0.39 is 50.4 Å². The van der Waals surface area contributed by atoms with Crippen LogP contribution in [0.5, 0.6) is 0 Å². The first-order valence-corrected chi connectivity index (χ1v) is 12.6. The van der Waals surface area contributed by atoms with E-state index in [1.54, 1.807) is 12.3 Å². The number of anilines is 1. The number of halogens is 2. The highest BCUT2D eigenvalue weighted by atomic mass is 35.5. The number of nitrogens with two attached hydrogens (primary N) is 1. The summed E-state index contributed by atoms with van der Waals surface area (Å²) in [6.45, 7) is 1.03. The monoisotopic (exact) mass is 528 g/mol. The Morgan fingerprint density at radius 2 is 2.20 bits per heavy atom. The standard InChI is InChI=1S/C21H23ClFN4O7P/c1-21(29)17(28)16(33-20(21)27-6-4-13-18(24)25-10-26-19(13)27)9-32-35(30)31-7-5-15(34-35)12-3-2-11(23)8-14(12)22/h2-4,6,8,10,15-17,20,28-29H,5,7,9H2,1H3,(H2,24,25,26)/t15-,16+,17+,20+,21+,35+/m0/s1. The van der Waals surface area contributed by atoms with Crippen LogP contribution < -0.4 is 5.73 Å². The molecule has 2 aliphatic heterocycles. The third-order valence-corrected chi connectivity index (χ3v) is 7.94. The topological polar surface area (TPSA) is 151 Å². The van der Waals surface area contributed by atoms with Crippen LogP contribution in [0.25, 0.3) is 11.0 Å². The minimum absolute atomic E-state index is 0.0422. The molecule has 3 aromatic rings. The minimum Gasteiger partial charge on any atom is -0.387 e. The molecule has 188 valence electrons. The summed E-state index contributed by atoms with van der Waals surface area (Å²) in [5.41, 5.74) is 4.98. The van der Waals surface area contributed by atoms with Crippen molar-refractivity contribution in [1.29, 1.82) is 0 Å². The Kier molecular flexibility index (Phi) is 6.35. The molecule has 0 aliphatic carbocycles. The first kappa shape index (κ1) is 24.5. The molecule has 2 aliphatic rings. The number of aliphatic hydroxyl groups excluding tert-OH is 1. The number of nitrogens with zero attached hydrogens (tertiary/aromatic N) is 3. The molecule has 4 N–H and O–H groups in total. The molecule has 2 saturated heterocycles. The van der Waals surface area contributed by atoms with Gasteiger partial charge in [0.1, 0.15) is 41.4 Å². The van der Waals surface area contributed by atoms with E-state index in [0.717, 1.165) is 6.07 Å². The Morgan fingerprint density at radius 3 is 2.97 bits per heavy atom. The maximum Gasteiger partial charge on any atom is 0.475 e. The fourth-order valence-corrected chi connectivity index (χ4v) is 5.95. The Morgan fingerprint density at radius 1 is 1.40 bits per heavy atom. The second-order valence-electron chi connectivity index (χ2n) is 8.54. The molecule has 2 aromatic heterocycles. The molecule has 0 saturated carbocycles. The van der Waals surface area contributed by atoms with Crippen molar-refractivity contribution in [1.82, 2.24) is 14.5 Å². The Hall–Kier alpha value is -2.15. The van der Waals surface area contributed by atoms with Gasteiger partial charge in [-0.3, -0.25) is 13.6 Å². The molecule has 11 nitrogen and oxygen atoms in total. The largest absolute Gasteiger partial charge is 0.475 e. The molecule has 1 aromatic carbocycles. The maximum atomic E-state index is 13.4. The predicted octanol–water partition coefficient (Wildman–Crippen LogP) is 3.12. The van der Waals surface area contributed by atoms with Crippen LogP contribution in [0.2, 0.25) is 5.02 Å². The molecular formula is C21H23ClFN4O7P. The summed E-state index contributed by atoms with van der Waals surface area (Å²) in [6, 6.07) is 5.47. The van der Waals surface area contributed by atoms with Crippen molar-refractivity contribution in [2.75, 3.05) is 18.9 Å². The number of phosphoric ester groups is 1. The second-order valence-corrected chi connectivity index (χ2v) is 10.6. The third-order valence-electron chi connectivity index (χ3n) is 6.14. The number of rotatable bonds is 5. The van der Waals surface area contributed by atoms with Gasteiger partial charge < -0.3 is 25.3 Å². The molecule has 0 spiro atoms. The molecule has 5 rings (SSSR count). The van der Waals surface area contributed by atoms with E-state index in [9.17, 15) is 19.2 Å². The van der Waals surface area contributed by atoms with Crippen molar-refractivity contribution >= 4 is 36.3 Å². The van der Waals surface area contributed by atoms with E-state index in [-0.39, 0.29) is 17.4 Å². The van der Waals surface area contributed by atoms with E-state index in [0.29, 0.717) is 23.0 Å². The molecule has 0 amide bonds. The van der Waals surface area contributed by atoms with Gasteiger partial charge in [0.25, 0.3) is 0 Å². The van der Waals surface area contributed by atoms with Gasteiger partial charge in [-0.05, 0) is 25.1 Å². The quantitative estimate of drug-likeness (QED) is 0.421. The predicted molar refractivity (Wildman–Crippen MR) is 122 cm³/mol. The number of aliphatic hydroxyl groups is 2. The Bertz CT molecular complexity index is 1310. The lowest BCUT2D eigenvalue weighted by Crippen LogP contribution is -2.44. The van der Waals surface area contributed by atoms with Gasteiger partial charge in [-0.15, -0.1) is 0 Å². The van der Waals surface area contributed by atoms with E-state index in [4.69, 9.17) is 35.6 Å². The fraction of sp³-hybridized carbons (Fsp3) is 0.429. The highest BCUT2D eigenvalue weighted by molar-refractivity contribution is 7.48. The van der Waals surface area contributed by atoms with Crippen molar-refractivity contribution in [3.63, 3.8) is 0 Å². The number of hydrogen-bond donors (Lipinski definition) is 3. The molecule has 2 fully saturated rings. The second kappa shape index (κ2) is 9.06. The highest BCUT2D eigenvalue weighted by Gasteiger charge is 2.54. The smallest absolute Gasteiger partial charge is 0.387 e. The summed E-state index contributed by atoms with van der Waals surface area (Å²) in [5, 5.41) is 22.5. The Labute approximate surface area is 204 Å². The molecular weight excluding hydrogens is 506 g/mol. The summed E-state index contributed by atoms with van der Waals surface area (Å²) < 4.78 is 50.2. The van der Waals surface area contributed by atoms with Crippen molar-refractivity contribution in [3.05, 3.63) is 53.2 Å². The van der Waals surface area contributed by atoms with Crippen LogP contribution in [-0.4, -0.2) is 55.8 Å². The lowest BCUT2D eigenvalue weighted by Gasteiger charge is -2.30. The molecule has 35 heavy (non-hydrogen) atoms. The SMILES string of the molecule is C[C@@]1(O)[C@H](O)[C@@H](CO[P@@]2(=O)OCC[C@@H](c3ccc(F)cc3Cl)O2)O[C@H]1n1ccc2c(N)ncnc21. The third kappa shape index (κ3) is 4.45. The van der Waals surface area contributed by atoms with Crippen LogP contribution in [0.4, 0.5) is 10.2 Å². The number of nitrogen functional groups attached to an aromatic ring is 1. The van der Waals surface area contributed by atoms with Crippen molar-refractivity contribution < 1.29 is 37.5 Å². The number of phosphoric acid groups is 1. The maximum absolute atomic E-state index is 13.4. The lowest BCUT2D eigenvalue weighted by atomic mass is 9.96. The van der Waals surface area contributed by atoms with Gasteiger partial charge in [0, 0.05) is 23.2 Å². The van der Waals surface area contributed by atoms with Crippen molar-refractivity contribution in [3.8, 4) is 0 Å². The van der Waals surface area contributed by atoms with Gasteiger partial charge in [-0.25, -0.2) is 18.9 Å². The summed E-state index contributed by atoms with van der Waals surface area (Å²) in [7, 11) is -4.08. The van der Waals surface area contributed by atoms with Gasteiger partial charge >= 0.3 is 7.82 Å². The first-order chi connectivity index (χ1) is 16.6. The van der Waals surface area contributed by atoms with E-state index >= 15 is 0 Å². The van der Waals surface area contributed by atoms with Crippen molar-refractivity contribution in [2.24, 2.45) is 0 Å². The zero-order chi connectivity index (χ0) is 25.0.